The number of carbonyl (C=O) groups is 2. The molecule has 34 heavy (non-hydrogen) atoms. The van der Waals surface area contributed by atoms with Crippen molar-refractivity contribution in [3.8, 4) is 0 Å². The molecule has 3 heterocycles. The van der Waals surface area contributed by atoms with E-state index in [1.54, 1.807) is 32.9 Å². The third kappa shape index (κ3) is 4.42. The Hall–Kier alpha value is -2.91. The molecule has 0 unspecified atom stereocenters. The zero-order valence-electron chi connectivity index (χ0n) is 18.8. The lowest BCUT2D eigenvalue weighted by molar-refractivity contribution is -0.117. The van der Waals surface area contributed by atoms with Gasteiger partial charge in [-0.15, -0.1) is 17.9 Å². The molecule has 1 aliphatic heterocycles. The molecule has 7 nitrogen and oxygen atoms in total. The molecular weight excluding hydrogens is 468 g/mol. The molecule has 1 saturated heterocycles. The lowest BCUT2D eigenvalue weighted by Crippen LogP contribution is -2.24. The molecule has 0 saturated carbocycles. The van der Waals surface area contributed by atoms with Crippen LogP contribution in [-0.2, 0) is 29.0 Å². The van der Waals surface area contributed by atoms with E-state index in [2.05, 4.69) is 11.9 Å². The number of thiophene rings is 1. The van der Waals surface area contributed by atoms with Crippen molar-refractivity contribution in [2.24, 2.45) is 0 Å². The van der Waals surface area contributed by atoms with Gasteiger partial charge in [0, 0.05) is 35.8 Å². The van der Waals surface area contributed by atoms with Crippen LogP contribution in [0.3, 0.4) is 0 Å². The summed E-state index contributed by atoms with van der Waals surface area (Å²) < 4.78 is 1.62. The summed E-state index contributed by atoms with van der Waals surface area (Å²) in [6.45, 7) is 4.84. The lowest BCUT2D eigenvalue weighted by Gasteiger charge is -2.17. The van der Waals surface area contributed by atoms with E-state index >= 15 is 0 Å². The second-order valence-electron chi connectivity index (χ2n) is 8.53. The highest BCUT2D eigenvalue weighted by Crippen LogP contribution is 2.34. The summed E-state index contributed by atoms with van der Waals surface area (Å²) in [7, 11) is 0. The van der Waals surface area contributed by atoms with Gasteiger partial charge in [-0.05, 0) is 55.9 Å². The second kappa shape index (κ2) is 9.76. The Morgan fingerprint density at radius 1 is 1.21 bits per heavy atom. The van der Waals surface area contributed by atoms with Crippen molar-refractivity contribution < 1.29 is 9.59 Å². The predicted octanol–water partition coefficient (Wildman–Crippen LogP) is 4.38. The van der Waals surface area contributed by atoms with Gasteiger partial charge in [-0.2, -0.15) is 0 Å². The Morgan fingerprint density at radius 3 is 2.85 bits per heavy atom. The largest absolute Gasteiger partial charge is 0.325 e. The number of fused-ring (bicyclic) bond motifs is 3. The first-order valence-corrected chi connectivity index (χ1v) is 13.3. The molecule has 2 aliphatic rings. The number of amides is 2. The fraction of sp³-hybridized carbons (Fsp3) is 0.360. The minimum absolute atomic E-state index is 0.0461. The van der Waals surface area contributed by atoms with E-state index in [0.29, 0.717) is 30.4 Å². The SMILES string of the molecule is C=CCn1c(SCC(=O)Nc2cccc(N3CCCC3=O)c2)nc2sc3c(c2c1=O)CCCC3. The lowest BCUT2D eigenvalue weighted by atomic mass is 9.97. The third-order valence-electron chi connectivity index (χ3n) is 6.20. The average Bonchev–Trinajstić information content (AvgIpc) is 3.43. The maximum atomic E-state index is 13.3. The van der Waals surface area contributed by atoms with Gasteiger partial charge in [-0.1, -0.05) is 23.9 Å². The maximum absolute atomic E-state index is 13.3. The smallest absolute Gasteiger partial charge is 0.263 e. The van der Waals surface area contributed by atoms with E-state index in [4.69, 9.17) is 4.98 Å². The van der Waals surface area contributed by atoms with Crippen LogP contribution in [0.1, 0.15) is 36.1 Å². The molecule has 0 spiro atoms. The summed E-state index contributed by atoms with van der Waals surface area (Å²) in [4.78, 5) is 46.7. The number of aromatic nitrogens is 2. The Balaban J connectivity index is 1.34. The zero-order valence-corrected chi connectivity index (χ0v) is 20.5. The number of rotatable bonds is 7. The Labute approximate surface area is 205 Å². The Morgan fingerprint density at radius 2 is 2.06 bits per heavy atom. The van der Waals surface area contributed by atoms with Crippen molar-refractivity contribution in [3.05, 3.63) is 57.7 Å². The Bertz CT molecular complexity index is 1340. The first-order chi connectivity index (χ1) is 16.5. The molecule has 1 aliphatic carbocycles. The molecule has 0 bridgehead atoms. The van der Waals surface area contributed by atoms with E-state index in [1.165, 1.54) is 16.6 Å². The molecule has 0 atom stereocenters. The van der Waals surface area contributed by atoms with E-state index in [-0.39, 0.29) is 23.1 Å². The highest BCUT2D eigenvalue weighted by Gasteiger charge is 2.23. The minimum Gasteiger partial charge on any atom is -0.325 e. The molecule has 176 valence electrons. The molecule has 2 aromatic heterocycles. The summed E-state index contributed by atoms with van der Waals surface area (Å²) >= 11 is 2.86. The fourth-order valence-corrected chi connectivity index (χ4v) is 6.73. The molecule has 1 N–H and O–H groups in total. The van der Waals surface area contributed by atoms with E-state index in [0.717, 1.165) is 53.6 Å². The summed E-state index contributed by atoms with van der Waals surface area (Å²) in [6, 6.07) is 7.33. The van der Waals surface area contributed by atoms with Crippen LogP contribution in [0.4, 0.5) is 11.4 Å². The molecule has 1 fully saturated rings. The number of carbonyl (C=O) groups excluding carboxylic acids is 2. The van der Waals surface area contributed by atoms with Gasteiger partial charge < -0.3 is 10.2 Å². The van der Waals surface area contributed by atoms with Crippen molar-refractivity contribution in [2.75, 3.05) is 22.5 Å². The van der Waals surface area contributed by atoms with Gasteiger partial charge in [0.2, 0.25) is 11.8 Å². The quantitative estimate of drug-likeness (QED) is 0.299. The van der Waals surface area contributed by atoms with E-state index in [1.807, 2.05) is 18.2 Å². The molecule has 3 aromatic rings. The molecule has 0 radical (unpaired) electrons. The van der Waals surface area contributed by atoms with Crippen molar-refractivity contribution in [1.82, 2.24) is 9.55 Å². The van der Waals surface area contributed by atoms with Crippen LogP contribution in [0.15, 0.2) is 46.9 Å². The fourth-order valence-electron chi connectivity index (χ4n) is 4.62. The van der Waals surface area contributed by atoms with Gasteiger partial charge in [0.05, 0.1) is 11.1 Å². The normalized spacial score (nSPS) is 15.5. The Kier molecular flexibility index (Phi) is 6.56. The number of aryl methyl sites for hydroxylation is 2. The molecule has 2 amide bonds. The van der Waals surface area contributed by atoms with Crippen LogP contribution in [-0.4, -0.2) is 33.7 Å². The topological polar surface area (TPSA) is 84.3 Å². The van der Waals surface area contributed by atoms with Crippen LogP contribution in [0.25, 0.3) is 10.2 Å². The minimum atomic E-state index is -0.195. The van der Waals surface area contributed by atoms with Crippen LogP contribution in [0, 0.1) is 0 Å². The van der Waals surface area contributed by atoms with E-state index in [9.17, 15) is 14.4 Å². The van der Waals surface area contributed by atoms with Crippen molar-refractivity contribution in [3.63, 3.8) is 0 Å². The number of hydrogen-bond donors (Lipinski definition) is 1. The van der Waals surface area contributed by atoms with Gasteiger partial charge >= 0.3 is 0 Å². The summed E-state index contributed by atoms with van der Waals surface area (Å²) in [5.41, 5.74) is 2.55. The predicted molar refractivity (Wildman–Crippen MR) is 138 cm³/mol. The summed E-state index contributed by atoms with van der Waals surface area (Å²) in [5.74, 6) is 0.0309. The number of nitrogens with zero attached hydrogens (tertiary/aromatic N) is 3. The third-order valence-corrected chi connectivity index (χ3v) is 8.36. The number of hydrogen-bond acceptors (Lipinski definition) is 6. The van der Waals surface area contributed by atoms with Crippen LogP contribution >= 0.6 is 23.1 Å². The first kappa shape index (κ1) is 22.9. The number of anilines is 2. The van der Waals surface area contributed by atoms with Gasteiger partial charge in [0.15, 0.2) is 5.16 Å². The number of thioether (sulfide) groups is 1. The van der Waals surface area contributed by atoms with Gasteiger partial charge in [-0.3, -0.25) is 19.0 Å². The van der Waals surface area contributed by atoms with Crippen molar-refractivity contribution >= 4 is 56.5 Å². The molecule has 5 rings (SSSR count). The average molecular weight is 495 g/mol. The monoisotopic (exact) mass is 494 g/mol. The molecule has 9 heteroatoms. The van der Waals surface area contributed by atoms with Crippen LogP contribution < -0.4 is 15.8 Å². The van der Waals surface area contributed by atoms with Gasteiger partial charge in [0.1, 0.15) is 4.83 Å². The van der Waals surface area contributed by atoms with Crippen molar-refractivity contribution in [1.29, 1.82) is 0 Å². The number of nitrogens with one attached hydrogen (secondary N) is 1. The maximum Gasteiger partial charge on any atom is 0.263 e. The molecule has 1 aromatic carbocycles. The molecular formula is C25H26N4O3S2. The first-order valence-electron chi connectivity index (χ1n) is 11.5. The summed E-state index contributed by atoms with van der Waals surface area (Å²) in [5, 5.41) is 4.17. The second-order valence-corrected chi connectivity index (χ2v) is 10.6. The van der Waals surface area contributed by atoms with Gasteiger partial charge in [-0.25, -0.2) is 4.98 Å². The summed E-state index contributed by atoms with van der Waals surface area (Å²) in [6.07, 6.45) is 7.27. The standard InChI is InChI=1S/C25H26N4O3S2/c1-2-12-29-24(32)22-18-9-3-4-10-19(18)34-23(22)27-25(29)33-15-20(30)26-16-7-5-8-17(14-16)28-13-6-11-21(28)31/h2,5,7-8,14H,1,3-4,6,9-13,15H2,(H,26,30). The highest BCUT2D eigenvalue weighted by molar-refractivity contribution is 7.99. The zero-order chi connectivity index (χ0) is 23.7. The van der Waals surface area contributed by atoms with Crippen LogP contribution in [0.5, 0.6) is 0 Å². The number of allylic oxidation sites excluding steroid dienone is 1. The van der Waals surface area contributed by atoms with Gasteiger partial charge in [0.25, 0.3) is 5.56 Å². The van der Waals surface area contributed by atoms with Crippen LogP contribution in [0.2, 0.25) is 0 Å². The van der Waals surface area contributed by atoms with E-state index < -0.39 is 0 Å². The highest BCUT2D eigenvalue weighted by atomic mass is 32.2. The number of benzene rings is 1. The van der Waals surface area contributed by atoms with Crippen molar-refractivity contribution in [2.45, 2.75) is 50.2 Å².